The maximum Gasteiger partial charge on any atom is 0.225 e. The van der Waals surface area contributed by atoms with E-state index in [2.05, 4.69) is 5.32 Å². The highest BCUT2D eigenvalue weighted by molar-refractivity contribution is 5.92. The van der Waals surface area contributed by atoms with Crippen molar-refractivity contribution in [2.45, 2.75) is 25.7 Å². The zero-order valence-electron chi connectivity index (χ0n) is 18.7. The van der Waals surface area contributed by atoms with Crippen molar-refractivity contribution in [2.75, 3.05) is 5.32 Å². The summed E-state index contributed by atoms with van der Waals surface area (Å²) in [4.78, 5) is 22.5. The first-order valence-electron chi connectivity index (χ1n) is 11.5. The van der Waals surface area contributed by atoms with Crippen molar-refractivity contribution in [1.82, 2.24) is 9.97 Å². The van der Waals surface area contributed by atoms with Crippen LogP contribution < -0.4 is 5.32 Å². The predicted octanol–water partition coefficient (Wildman–Crippen LogP) is 5.69. The van der Waals surface area contributed by atoms with Crippen LogP contribution in [0, 0.1) is 0 Å². The fourth-order valence-electron chi connectivity index (χ4n) is 4.19. The Labute approximate surface area is 198 Å². The van der Waals surface area contributed by atoms with Gasteiger partial charge in [0.05, 0.1) is 11.4 Å². The second-order valence-electron chi connectivity index (χ2n) is 8.37. The number of carbonyl (C=O) groups is 1. The fraction of sp³-hybridized carbons (Fsp3) is 0.138. The minimum Gasteiger partial charge on any atom is -0.508 e. The van der Waals surface area contributed by atoms with Gasteiger partial charge in [0.2, 0.25) is 5.91 Å². The molecule has 34 heavy (non-hydrogen) atoms. The number of benzene rings is 3. The van der Waals surface area contributed by atoms with Gasteiger partial charge in [0, 0.05) is 12.0 Å². The summed E-state index contributed by atoms with van der Waals surface area (Å²) in [6.45, 7) is 0. The van der Waals surface area contributed by atoms with Gasteiger partial charge in [-0.25, -0.2) is 9.97 Å². The van der Waals surface area contributed by atoms with Crippen molar-refractivity contribution in [3.8, 4) is 17.0 Å². The zero-order chi connectivity index (χ0) is 23.3. The molecule has 4 aromatic rings. The Hall–Kier alpha value is -4.25. The number of rotatable bonds is 6. The minimum atomic E-state index is -0.0893. The monoisotopic (exact) mass is 447 g/mol. The lowest BCUT2D eigenvalue weighted by Gasteiger charge is -2.20. The number of phenols is 1. The largest absolute Gasteiger partial charge is 0.508 e. The summed E-state index contributed by atoms with van der Waals surface area (Å²) in [5.41, 5.74) is 6.45. The van der Waals surface area contributed by atoms with Gasteiger partial charge in [-0.15, -0.1) is 0 Å². The summed E-state index contributed by atoms with van der Waals surface area (Å²) >= 11 is 0. The molecule has 5 rings (SSSR count). The number of hydrogen-bond acceptors (Lipinski definition) is 4. The molecule has 168 valence electrons. The van der Waals surface area contributed by atoms with Crippen LogP contribution in [0.25, 0.3) is 23.4 Å². The first-order valence-corrected chi connectivity index (χ1v) is 11.5. The quantitative estimate of drug-likeness (QED) is 0.398. The summed E-state index contributed by atoms with van der Waals surface area (Å²) in [7, 11) is 0. The van der Waals surface area contributed by atoms with E-state index in [0.29, 0.717) is 30.8 Å². The SMILES string of the molecule is O=C(CCc1ccccc1)Nc1nc2c(nc1/C=C/c1ccccc1)-c1ccc(O)cc1CC2. The van der Waals surface area contributed by atoms with Crippen LogP contribution in [-0.4, -0.2) is 21.0 Å². The molecule has 0 saturated carbocycles. The third-order valence-electron chi connectivity index (χ3n) is 5.94. The normalized spacial score (nSPS) is 12.2. The van der Waals surface area contributed by atoms with Gasteiger partial charge in [-0.1, -0.05) is 66.7 Å². The number of nitrogens with zero attached hydrogens (tertiary/aromatic N) is 2. The van der Waals surface area contributed by atoms with Gasteiger partial charge in [0.25, 0.3) is 0 Å². The molecule has 5 nitrogen and oxygen atoms in total. The molecule has 0 fully saturated rings. The summed E-state index contributed by atoms with van der Waals surface area (Å²) in [6.07, 6.45) is 6.37. The molecule has 0 bridgehead atoms. The van der Waals surface area contributed by atoms with Crippen LogP contribution in [0.3, 0.4) is 0 Å². The third kappa shape index (κ3) is 4.89. The number of carbonyl (C=O) groups excluding carboxylic acids is 1. The number of aryl methyl sites for hydroxylation is 3. The van der Waals surface area contributed by atoms with E-state index in [-0.39, 0.29) is 11.7 Å². The van der Waals surface area contributed by atoms with E-state index in [9.17, 15) is 9.90 Å². The molecule has 5 heteroatoms. The number of amides is 1. The van der Waals surface area contributed by atoms with E-state index in [4.69, 9.17) is 9.97 Å². The highest BCUT2D eigenvalue weighted by Gasteiger charge is 2.22. The van der Waals surface area contributed by atoms with E-state index in [1.54, 1.807) is 12.1 Å². The van der Waals surface area contributed by atoms with Crippen LogP contribution >= 0.6 is 0 Å². The van der Waals surface area contributed by atoms with Crippen LogP contribution in [0.4, 0.5) is 5.82 Å². The van der Waals surface area contributed by atoms with E-state index in [1.807, 2.05) is 78.9 Å². The van der Waals surface area contributed by atoms with Crippen LogP contribution in [-0.2, 0) is 24.1 Å². The zero-order valence-corrected chi connectivity index (χ0v) is 18.7. The van der Waals surface area contributed by atoms with Gasteiger partial charge in [-0.2, -0.15) is 0 Å². The molecule has 1 aliphatic rings. The highest BCUT2D eigenvalue weighted by Crippen LogP contribution is 2.34. The Morgan fingerprint density at radius 1 is 0.912 bits per heavy atom. The van der Waals surface area contributed by atoms with Crippen LogP contribution in [0.5, 0.6) is 5.75 Å². The summed E-state index contributed by atoms with van der Waals surface area (Å²) in [5.74, 6) is 0.640. The molecule has 0 atom stereocenters. The number of fused-ring (bicyclic) bond motifs is 3. The second kappa shape index (κ2) is 9.71. The smallest absolute Gasteiger partial charge is 0.225 e. The number of aromatic hydroxyl groups is 1. The lowest BCUT2D eigenvalue weighted by Crippen LogP contribution is -2.17. The average Bonchev–Trinajstić information content (AvgIpc) is 2.87. The van der Waals surface area contributed by atoms with Crippen molar-refractivity contribution in [3.05, 3.63) is 107 Å². The van der Waals surface area contributed by atoms with Crippen LogP contribution in [0.1, 0.15) is 34.5 Å². The molecule has 0 spiro atoms. The first kappa shape index (κ1) is 21.6. The predicted molar refractivity (Wildman–Crippen MR) is 135 cm³/mol. The number of hydrogen-bond donors (Lipinski definition) is 2. The molecule has 1 heterocycles. The molecule has 0 radical (unpaired) electrons. The molecule has 0 unspecified atom stereocenters. The Balaban J connectivity index is 1.46. The van der Waals surface area contributed by atoms with Gasteiger partial charge in [0.1, 0.15) is 11.4 Å². The molecule has 2 N–H and O–H groups in total. The van der Waals surface area contributed by atoms with Crippen molar-refractivity contribution in [3.63, 3.8) is 0 Å². The van der Waals surface area contributed by atoms with Gasteiger partial charge in [-0.3, -0.25) is 4.79 Å². The summed E-state index contributed by atoms with van der Waals surface area (Å²) in [6, 6.07) is 25.3. The maximum absolute atomic E-state index is 12.8. The van der Waals surface area contributed by atoms with Gasteiger partial charge < -0.3 is 10.4 Å². The lowest BCUT2D eigenvalue weighted by molar-refractivity contribution is -0.116. The van der Waals surface area contributed by atoms with E-state index in [0.717, 1.165) is 40.1 Å². The number of phenolic OH excluding ortho intramolecular Hbond substituents is 1. The second-order valence-corrected chi connectivity index (χ2v) is 8.37. The van der Waals surface area contributed by atoms with Gasteiger partial charge >= 0.3 is 0 Å². The van der Waals surface area contributed by atoms with Crippen LogP contribution in [0.15, 0.2) is 78.9 Å². The van der Waals surface area contributed by atoms with Crippen molar-refractivity contribution >= 4 is 23.9 Å². The van der Waals surface area contributed by atoms with E-state index in [1.165, 1.54) is 0 Å². The van der Waals surface area contributed by atoms with Gasteiger partial charge in [0.15, 0.2) is 5.82 Å². The number of aromatic nitrogens is 2. The Kier molecular flexibility index (Phi) is 6.17. The summed E-state index contributed by atoms with van der Waals surface area (Å²) in [5, 5.41) is 12.9. The van der Waals surface area contributed by atoms with Crippen LogP contribution in [0.2, 0.25) is 0 Å². The molecule has 1 aliphatic carbocycles. The Bertz CT molecular complexity index is 1350. The minimum absolute atomic E-state index is 0.0893. The van der Waals surface area contributed by atoms with Crippen molar-refractivity contribution in [2.24, 2.45) is 0 Å². The van der Waals surface area contributed by atoms with E-state index < -0.39 is 0 Å². The first-order chi connectivity index (χ1) is 16.7. The molecule has 0 aliphatic heterocycles. The third-order valence-corrected chi connectivity index (χ3v) is 5.94. The number of nitrogens with one attached hydrogen (secondary N) is 1. The molecule has 0 saturated heterocycles. The molecular weight excluding hydrogens is 422 g/mol. The molecule has 1 aromatic heterocycles. The molecule has 3 aromatic carbocycles. The molecule has 1 amide bonds. The fourth-order valence-corrected chi connectivity index (χ4v) is 4.19. The standard InChI is InChI=1S/C29H25N3O2/c33-23-14-15-24-22(19-23)13-17-25-28(24)30-26(16-11-20-7-3-1-4-8-20)29(31-25)32-27(34)18-12-21-9-5-2-6-10-21/h1-11,14-16,19,33H,12-13,17-18H2,(H,31,32,34)/b16-11+. The lowest BCUT2D eigenvalue weighted by atomic mass is 9.91. The summed E-state index contributed by atoms with van der Waals surface area (Å²) < 4.78 is 0. The Morgan fingerprint density at radius 2 is 1.68 bits per heavy atom. The Morgan fingerprint density at radius 3 is 2.47 bits per heavy atom. The highest BCUT2D eigenvalue weighted by atomic mass is 16.3. The van der Waals surface area contributed by atoms with Gasteiger partial charge in [-0.05, 0) is 60.2 Å². The molecular formula is C29H25N3O2. The average molecular weight is 448 g/mol. The van der Waals surface area contributed by atoms with Crippen molar-refractivity contribution < 1.29 is 9.90 Å². The van der Waals surface area contributed by atoms with Crippen molar-refractivity contribution in [1.29, 1.82) is 0 Å². The number of anilines is 1. The van der Waals surface area contributed by atoms with E-state index >= 15 is 0 Å². The maximum atomic E-state index is 12.8. The topological polar surface area (TPSA) is 75.1 Å².